The second-order valence-corrected chi connectivity index (χ2v) is 7.61. The molecule has 0 aromatic carbocycles. The molecule has 2 heteroatoms. The monoisotopic (exact) mass is 255 g/mol. The second kappa shape index (κ2) is 7.04. The first kappa shape index (κ1) is 13.7. The lowest BCUT2D eigenvalue weighted by Crippen LogP contribution is -2.35. The molecule has 1 unspecified atom stereocenters. The standard InChI is InChI=1S/C15H29NS/c1-12-7-9-13(10-8-12)15(16)11-17-14-5-3-2-4-6-14/h12-15H,2-11,16H2,1H3. The maximum absolute atomic E-state index is 6.39. The van der Waals surface area contributed by atoms with Crippen LogP contribution in [0.1, 0.15) is 64.7 Å². The molecule has 0 aliphatic heterocycles. The van der Waals surface area contributed by atoms with Crippen molar-refractivity contribution in [3.05, 3.63) is 0 Å². The van der Waals surface area contributed by atoms with Crippen molar-refractivity contribution < 1.29 is 0 Å². The average Bonchev–Trinajstić information content (AvgIpc) is 2.38. The summed E-state index contributed by atoms with van der Waals surface area (Å²) in [6, 6.07) is 0.467. The summed E-state index contributed by atoms with van der Waals surface area (Å²) in [6.45, 7) is 2.39. The second-order valence-electron chi connectivity index (χ2n) is 6.28. The lowest BCUT2D eigenvalue weighted by molar-refractivity contribution is 0.264. The van der Waals surface area contributed by atoms with Gasteiger partial charge in [0, 0.05) is 17.0 Å². The predicted octanol–water partition coefficient (Wildman–Crippen LogP) is 4.21. The molecular weight excluding hydrogens is 226 g/mol. The Labute approximate surface area is 111 Å². The van der Waals surface area contributed by atoms with Gasteiger partial charge in [0.15, 0.2) is 0 Å². The van der Waals surface area contributed by atoms with E-state index in [4.69, 9.17) is 5.73 Å². The van der Waals surface area contributed by atoms with Crippen LogP contribution in [0.3, 0.4) is 0 Å². The first-order valence-electron chi connectivity index (χ1n) is 7.63. The summed E-state index contributed by atoms with van der Waals surface area (Å²) in [4.78, 5) is 0. The number of rotatable bonds is 4. The van der Waals surface area contributed by atoms with E-state index < -0.39 is 0 Å². The SMILES string of the molecule is CC1CCC(C(N)CSC2CCCCC2)CC1. The number of thioether (sulfide) groups is 1. The van der Waals surface area contributed by atoms with Crippen LogP contribution in [0.5, 0.6) is 0 Å². The van der Waals surface area contributed by atoms with E-state index in [1.807, 2.05) is 0 Å². The van der Waals surface area contributed by atoms with Crippen LogP contribution >= 0.6 is 11.8 Å². The van der Waals surface area contributed by atoms with Crippen molar-refractivity contribution in [1.29, 1.82) is 0 Å². The Morgan fingerprint density at radius 2 is 1.65 bits per heavy atom. The summed E-state index contributed by atoms with van der Waals surface area (Å²) < 4.78 is 0. The lowest BCUT2D eigenvalue weighted by Gasteiger charge is -2.31. The smallest absolute Gasteiger partial charge is 0.0159 e. The maximum Gasteiger partial charge on any atom is 0.0159 e. The number of hydrogen-bond acceptors (Lipinski definition) is 2. The third kappa shape index (κ3) is 4.48. The largest absolute Gasteiger partial charge is 0.327 e. The zero-order valence-electron chi connectivity index (χ0n) is 11.4. The van der Waals surface area contributed by atoms with Gasteiger partial charge in [0.05, 0.1) is 0 Å². The lowest BCUT2D eigenvalue weighted by atomic mass is 9.80. The molecule has 2 N–H and O–H groups in total. The van der Waals surface area contributed by atoms with Crippen LogP contribution < -0.4 is 5.73 Å². The Morgan fingerprint density at radius 3 is 2.29 bits per heavy atom. The first-order valence-corrected chi connectivity index (χ1v) is 8.67. The van der Waals surface area contributed by atoms with Gasteiger partial charge in [0.1, 0.15) is 0 Å². The van der Waals surface area contributed by atoms with Crippen molar-refractivity contribution in [2.75, 3.05) is 5.75 Å². The topological polar surface area (TPSA) is 26.0 Å². The summed E-state index contributed by atoms with van der Waals surface area (Å²) in [5.74, 6) is 2.98. The Kier molecular flexibility index (Phi) is 5.68. The van der Waals surface area contributed by atoms with Crippen molar-refractivity contribution in [3.8, 4) is 0 Å². The molecule has 2 aliphatic carbocycles. The van der Waals surface area contributed by atoms with Crippen LogP contribution in [0.15, 0.2) is 0 Å². The van der Waals surface area contributed by atoms with Crippen LogP contribution in [0.25, 0.3) is 0 Å². The predicted molar refractivity (Wildman–Crippen MR) is 78.4 cm³/mol. The van der Waals surface area contributed by atoms with Crippen LogP contribution in [-0.2, 0) is 0 Å². The van der Waals surface area contributed by atoms with E-state index in [0.29, 0.717) is 6.04 Å². The Bertz CT molecular complexity index is 205. The minimum atomic E-state index is 0.467. The van der Waals surface area contributed by atoms with Gasteiger partial charge in [-0.2, -0.15) is 11.8 Å². The molecule has 1 atom stereocenters. The summed E-state index contributed by atoms with van der Waals surface area (Å²) in [7, 11) is 0. The molecule has 0 spiro atoms. The summed E-state index contributed by atoms with van der Waals surface area (Å²) in [5, 5.41) is 0.928. The molecule has 2 saturated carbocycles. The van der Waals surface area contributed by atoms with E-state index in [1.54, 1.807) is 0 Å². The zero-order valence-corrected chi connectivity index (χ0v) is 12.2. The molecule has 0 aromatic heterocycles. The molecule has 0 aromatic rings. The molecule has 0 bridgehead atoms. The fraction of sp³-hybridized carbons (Fsp3) is 1.00. The van der Waals surface area contributed by atoms with E-state index in [9.17, 15) is 0 Å². The molecule has 1 nitrogen and oxygen atoms in total. The first-order chi connectivity index (χ1) is 8.25. The van der Waals surface area contributed by atoms with Crippen molar-refractivity contribution in [3.63, 3.8) is 0 Å². The van der Waals surface area contributed by atoms with Gasteiger partial charge in [0.25, 0.3) is 0 Å². The Morgan fingerprint density at radius 1 is 1.00 bits per heavy atom. The third-order valence-corrected chi connectivity index (χ3v) is 6.26. The third-order valence-electron chi connectivity index (χ3n) is 4.74. The number of nitrogens with two attached hydrogens (primary N) is 1. The van der Waals surface area contributed by atoms with Gasteiger partial charge >= 0.3 is 0 Å². The normalized spacial score (nSPS) is 33.5. The minimum Gasteiger partial charge on any atom is -0.327 e. The van der Waals surface area contributed by atoms with Gasteiger partial charge in [-0.1, -0.05) is 39.0 Å². The van der Waals surface area contributed by atoms with Crippen LogP contribution in [0, 0.1) is 11.8 Å². The van der Waals surface area contributed by atoms with E-state index in [2.05, 4.69) is 18.7 Å². The summed E-state index contributed by atoms with van der Waals surface area (Å²) >= 11 is 2.17. The molecule has 2 rings (SSSR count). The molecule has 2 fully saturated rings. The van der Waals surface area contributed by atoms with E-state index in [0.717, 1.165) is 17.1 Å². The molecule has 0 heterocycles. The quantitative estimate of drug-likeness (QED) is 0.814. The molecule has 17 heavy (non-hydrogen) atoms. The summed E-state index contributed by atoms with van der Waals surface area (Å²) in [5.41, 5.74) is 6.39. The van der Waals surface area contributed by atoms with E-state index >= 15 is 0 Å². The van der Waals surface area contributed by atoms with Gasteiger partial charge in [-0.15, -0.1) is 0 Å². The van der Waals surface area contributed by atoms with Gasteiger partial charge in [0.2, 0.25) is 0 Å². The Balaban J connectivity index is 1.64. The molecule has 2 aliphatic rings. The van der Waals surface area contributed by atoms with Crippen molar-refractivity contribution in [2.24, 2.45) is 17.6 Å². The van der Waals surface area contributed by atoms with Crippen LogP contribution in [0.4, 0.5) is 0 Å². The minimum absolute atomic E-state index is 0.467. The van der Waals surface area contributed by atoms with Gasteiger partial charge in [-0.3, -0.25) is 0 Å². The van der Waals surface area contributed by atoms with Crippen LogP contribution in [-0.4, -0.2) is 17.0 Å². The molecular formula is C15H29NS. The van der Waals surface area contributed by atoms with Gasteiger partial charge < -0.3 is 5.73 Å². The maximum atomic E-state index is 6.39. The van der Waals surface area contributed by atoms with E-state index in [1.165, 1.54) is 63.5 Å². The van der Waals surface area contributed by atoms with Gasteiger partial charge in [-0.25, -0.2) is 0 Å². The fourth-order valence-electron chi connectivity index (χ4n) is 3.33. The molecule has 0 radical (unpaired) electrons. The highest BCUT2D eigenvalue weighted by molar-refractivity contribution is 7.99. The zero-order chi connectivity index (χ0) is 12.1. The molecule has 0 saturated heterocycles. The molecule has 100 valence electrons. The van der Waals surface area contributed by atoms with Gasteiger partial charge in [-0.05, 0) is 37.5 Å². The van der Waals surface area contributed by atoms with Crippen LogP contribution in [0.2, 0.25) is 0 Å². The highest BCUT2D eigenvalue weighted by Gasteiger charge is 2.24. The van der Waals surface area contributed by atoms with Crippen molar-refractivity contribution in [2.45, 2.75) is 76.0 Å². The Hall–Kier alpha value is 0.310. The highest BCUT2D eigenvalue weighted by atomic mass is 32.2. The average molecular weight is 255 g/mol. The highest BCUT2D eigenvalue weighted by Crippen LogP contribution is 2.33. The number of hydrogen-bond donors (Lipinski definition) is 1. The fourth-order valence-corrected chi connectivity index (χ4v) is 4.76. The summed E-state index contributed by atoms with van der Waals surface area (Å²) in [6.07, 6.45) is 12.8. The van der Waals surface area contributed by atoms with Crippen molar-refractivity contribution in [1.82, 2.24) is 0 Å². The van der Waals surface area contributed by atoms with E-state index in [-0.39, 0.29) is 0 Å². The van der Waals surface area contributed by atoms with Crippen molar-refractivity contribution >= 4 is 11.8 Å². The molecule has 0 amide bonds.